The second kappa shape index (κ2) is 8.83. The van der Waals surface area contributed by atoms with Gasteiger partial charge in [-0.1, -0.05) is 30.3 Å². The SMILES string of the molecule is O=C1C[C@H](c2nc3ccccc3n2CCCOc2ccccc2)CN1c1ccc(F)cc1. The number of imidazole rings is 1. The number of ether oxygens (including phenoxy) is 1. The van der Waals surface area contributed by atoms with Gasteiger partial charge in [0.1, 0.15) is 17.4 Å². The smallest absolute Gasteiger partial charge is 0.227 e. The highest BCUT2D eigenvalue weighted by molar-refractivity contribution is 5.96. The van der Waals surface area contributed by atoms with Crippen LogP contribution in [-0.2, 0) is 11.3 Å². The monoisotopic (exact) mass is 429 g/mol. The molecule has 0 N–H and O–H groups in total. The van der Waals surface area contributed by atoms with E-state index in [9.17, 15) is 9.18 Å². The zero-order valence-corrected chi connectivity index (χ0v) is 17.7. The number of hydrogen-bond acceptors (Lipinski definition) is 3. The molecule has 1 aromatic heterocycles. The van der Waals surface area contributed by atoms with Crippen molar-refractivity contribution in [2.75, 3.05) is 18.1 Å². The highest BCUT2D eigenvalue weighted by Gasteiger charge is 2.34. The van der Waals surface area contributed by atoms with Gasteiger partial charge in [-0.15, -0.1) is 0 Å². The molecule has 1 saturated heterocycles. The van der Waals surface area contributed by atoms with E-state index in [1.807, 2.05) is 48.5 Å². The lowest BCUT2D eigenvalue weighted by Crippen LogP contribution is -2.24. The normalized spacial score (nSPS) is 16.1. The zero-order chi connectivity index (χ0) is 21.9. The van der Waals surface area contributed by atoms with Crippen LogP contribution in [0.15, 0.2) is 78.9 Å². The Labute approximate surface area is 186 Å². The maximum Gasteiger partial charge on any atom is 0.227 e. The Kier molecular flexibility index (Phi) is 5.58. The van der Waals surface area contributed by atoms with Gasteiger partial charge in [0, 0.05) is 31.1 Å². The molecule has 5 nitrogen and oxygen atoms in total. The number of aryl methyl sites for hydroxylation is 1. The molecular weight excluding hydrogens is 405 g/mol. The first-order valence-corrected chi connectivity index (χ1v) is 10.9. The Bertz CT molecular complexity index is 1220. The van der Waals surface area contributed by atoms with Crippen LogP contribution < -0.4 is 9.64 Å². The number of fused-ring (bicyclic) bond motifs is 1. The third-order valence-corrected chi connectivity index (χ3v) is 5.85. The van der Waals surface area contributed by atoms with E-state index in [0.717, 1.165) is 41.3 Å². The van der Waals surface area contributed by atoms with Gasteiger partial charge in [-0.2, -0.15) is 0 Å². The predicted molar refractivity (Wildman–Crippen MR) is 122 cm³/mol. The Morgan fingerprint density at radius 2 is 1.72 bits per heavy atom. The standard InChI is InChI=1S/C26H24FN3O2/c27-20-11-13-21(14-12-20)30-18-19(17-25(30)31)26-28-23-9-4-5-10-24(23)29(26)15-6-16-32-22-7-2-1-3-8-22/h1-5,7-14,19H,6,15-18H2/t19-/m0/s1. The summed E-state index contributed by atoms with van der Waals surface area (Å²) in [5.74, 6) is 1.49. The minimum absolute atomic E-state index is 0.0185. The van der Waals surface area contributed by atoms with Crippen molar-refractivity contribution in [1.29, 1.82) is 0 Å². The summed E-state index contributed by atoms with van der Waals surface area (Å²) in [5.41, 5.74) is 2.71. The number of rotatable bonds is 7. The molecule has 0 radical (unpaired) electrons. The number of halogens is 1. The van der Waals surface area contributed by atoms with Crippen LogP contribution in [0.5, 0.6) is 5.75 Å². The third-order valence-electron chi connectivity index (χ3n) is 5.85. The van der Waals surface area contributed by atoms with Gasteiger partial charge in [-0.05, 0) is 55.0 Å². The van der Waals surface area contributed by atoms with Crippen LogP contribution in [0.4, 0.5) is 10.1 Å². The van der Waals surface area contributed by atoms with E-state index in [1.54, 1.807) is 17.0 Å². The van der Waals surface area contributed by atoms with Crippen LogP contribution in [0, 0.1) is 5.82 Å². The summed E-state index contributed by atoms with van der Waals surface area (Å²) in [6.07, 6.45) is 1.21. The van der Waals surface area contributed by atoms with Crippen molar-refractivity contribution < 1.29 is 13.9 Å². The maximum absolute atomic E-state index is 13.3. The number of nitrogens with zero attached hydrogens (tertiary/aromatic N) is 3. The number of carbonyl (C=O) groups excluding carboxylic acids is 1. The van der Waals surface area contributed by atoms with Gasteiger partial charge in [0.25, 0.3) is 0 Å². The van der Waals surface area contributed by atoms with E-state index >= 15 is 0 Å². The van der Waals surface area contributed by atoms with E-state index in [0.29, 0.717) is 19.6 Å². The molecule has 3 aromatic carbocycles. The Morgan fingerprint density at radius 3 is 2.53 bits per heavy atom. The van der Waals surface area contributed by atoms with E-state index in [2.05, 4.69) is 10.6 Å². The van der Waals surface area contributed by atoms with E-state index in [-0.39, 0.29) is 17.6 Å². The van der Waals surface area contributed by atoms with Crippen molar-refractivity contribution >= 4 is 22.6 Å². The molecular formula is C26H24FN3O2. The Balaban J connectivity index is 1.35. The third kappa shape index (κ3) is 4.08. The number of para-hydroxylation sites is 3. The molecule has 0 bridgehead atoms. The number of amides is 1. The van der Waals surface area contributed by atoms with Crippen LogP contribution in [0.1, 0.15) is 24.6 Å². The highest BCUT2D eigenvalue weighted by atomic mass is 19.1. The quantitative estimate of drug-likeness (QED) is 0.381. The van der Waals surface area contributed by atoms with Gasteiger partial charge in [0.2, 0.25) is 5.91 Å². The van der Waals surface area contributed by atoms with Gasteiger partial charge in [-0.25, -0.2) is 9.37 Å². The van der Waals surface area contributed by atoms with Crippen molar-refractivity contribution in [3.63, 3.8) is 0 Å². The number of aromatic nitrogens is 2. The largest absolute Gasteiger partial charge is 0.494 e. The molecule has 0 unspecified atom stereocenters. The zero-order valence-electron chi connectivity index (χ0n) is 17.7. The molecule has 1 aliphatic rings. The summed E-state index contributed by atoms with van der Waals surface area (Å²) in [5, 5.41) is 0. The number of anilines is 1. The van der Waals surface area contributed by atoms with Gasteiger partial charge in [-0.3, -0.25) is 4.79 Å². The first kappa shape index (κ1) is 20.2. The number of benzene rings is 3. The summed E-state index contributed by atoms with van der Waals surface area (Å²) >= 11 is 0. The van der Waals surface area contributed by atoms with Crippen LogP contribution in [-0.4, -0.2) is 28.6 Å². The lowest BCUT2D eigenvalue weighted by Gasteiger charge is -2.17. The fourth-order valence-electron chi connectivity index (χ4n) is 4.32. The minimum atomic E-state index is -0.309. The molecule has 0 spiro atoms. The lowest BCUT2D eigenvalue weighted by atomic mass is 10.1. The van der Waals surface area contributed by atoms with Crippen LogP contribution >= 0.6 is 0 Å². The molecule has 1 fully saturated rings. The number of carbonyl (C=O) groups is 1. The summed E-state index contributed by atoms with van der Waals surface area (Å²) in [4.78, 5) is 19.4. The van der Waals surface area contributed by atoms with Gasteiger partial charge in [0.05, 0.1) is 17.6 Å². The molecule has 1 amide bonds. The average molecular weight is 429 g/mol. The highest BCUT2D eigenvalue weighted by Crippen LogP contribution is 2.33. The molecule has 5 rings (SSSR count). The van der Waals surface area contributed by atoms with Crippen LogP contribution in [0.2, 0.25) is 0 Å². The fourth-order valence-corrected chi connectivity index (χ4v) is 4.32. The second-order valence-corrected chi connectivity index (χ2v) is 8.01. The van der Waals surface area contributed by atoms with Crippen molar-refractivity contribution in [3.05, 3.63) is 90.5 Å². The van der Waals surface area contributed by atoms with E-state index in [1.165, 1.54) is 12.1 Å². The topological polar surface area (TPSA) is 47.4 Å². The average Bonchev–Trinajstić information content (AvgIpc) is 3.38. The van der Waals surface area contributed by atoms with Crippen LogP contribution in [0.25, 0.3) is 11.0 Å². The molecule has 6 heteroatoms. The lowest BCUT2D eigenvalue weighted by molar-refractivity contribution is -0.117. The summed E-state index contributed by atoms with van der Waals surface area (Å²) < 4.78 is 21.4. The first-order valence-electron chi connectivity index (χ1n) is 10.9. The first-order chi connectivity index (χ1) is 15.7. The fraction of sp³-hybridized carbons (Fsp3) is 0.231. The molecule has 1 atom stereocenters. The molecule has 162 valence electrons. The van der Waals surface area contributed by atoms with Gasteiger partial charge >= 0.3 is 0 Å². The predicted octanol–water partition coefficient (Wildman–Crippen LogP) is 5.17. The van der Waals surface area contributed by atoms with Gasteiger partial charge < -0.3 is 14.2 Å². The molecule has 0 aliphatic carbocycles. The molecule has 0 saturated carbocycles. The van der Waals surface area contributed by atoms with E-state index < -0.39 is 0 Å². The molecule has 32 heavy (non-hydrogen) atoms. The summed E-state index contributed by atoms with van der Waals surface area (Å²) in [6, 6.07) is 23.9. The molecule has 1 aliphatic heterocycles. The summed E-state index contributed by atoms with van der Waals surface area (Å²) in [6.45, 7) is 1.89. The van der Waals surface area contributed by atoms with Crippen LogP contribution in [0.3, 0.4) is 0 Å². The summed E-state index contributed by atoms with van der Waals surface area (Å²) in [7, 11) is 0. The number of hydrogen-bond donors (Lipinski definition) is 0. The van der Waals surface area contributed by atoms with Crippen molar-refractivity contribution in [1.82, 2.24) is 9.55 Å². The van der Waals surface area contributed by atoms with E-state index in [4.69, 9.17) is 9.72 Å². The van der Waals surface area contributed by atoms with Crippen molar-refractivity contribution in [3.8, 4) is 5.75 Å². The second-order valence-electron chi connectivity index (χ2n) is 8.01. The Hall–Kier alpha value is -3.67. The minimum Gasteiger partial charge on any atom is -0.494 e. The molecule has 4 aromatic rings. The maximum atomic E-state index is 13.3. The molecule has 2 heterocycles. The Morgan fingerprint density at radius 1 is 0.969 bits per heavy atom. The van der Waals surface area contributed by atoms with Crippen molar-refractivity contribution in [2.45, 2.75) is 25.3 Å². The van der Waals surface area contributed by atoms with Gasteiger partial charge in [0.15, 0.2) is 0 Å². The van der Waals surface area contributed by atoms with Crippen molar-refractivity contribution in [2.24, 2.45) is 0 Å².